The van der Waals surface area contributed by atoms with Crippen LogP contribution in [0.25, 0.3) is 0 Å². The molecule has 2 nitrogen and oxygen atoms in total. The molecule has 0 fully saturated rings. The van der Waals surface area contributed by atoms with Crippen molar-refractivity contribution in [2.75, 3.05) is 22.0 Å². The Kier molecular flexibility index (Phi) is 3.48. The first-order valence-corrected chi connectivity index (χ1v) is 5.01. The van der Waals surface area contributed by atoms with E-state index >= 15 is 0 Å². The van der Waals surface area contributed by atoms with Gasteiger partial charge in [0.25, 0.3) is 0 Å². The molecule has 11 heavy (non-hydrogen) atoms. The third-order valence-electron chi connectivity index (χ3n) is 1.33. The fourth-order valence-electron chi connectivity index (χ4n) is 0.793. The van der Waals surface area contributed by atoms with Crippen molar-refractivity contribution in [3.8, 4) is 0 Å². The van der Waals surface area contributed by atoms with Gasteiger partial charge in [-0.25, -0.2) is 0 Å². The predicted molar refractivity (Wildman–Crippen MR) is 58.2 cm³/mol. The SMILES string of the molecule is Nc1ccc(NCCI)cc1. The Morgan fingerprint density at radius 1 is 1.27 bits per heavy atom. The second kappa shape index (κ2) is 4.43. The summed E-state index contributed by atoms with van der Waals surface area (Å²) in [6.07, 6.45) is 0. The fraction of sp³-hybridized carbons (Fsp3) is 0.250. The van der Waals surface area contributed by atoms with Crippen molar-refractivity contribution in [3.05, 3.63) is 24.3 Å². The summed E-state index contributed by atoms with van der Waals surface area (Å²) in [7, 11) is 0. The second-order valence-corrected chi connectivity index (χ2v) is 3.32. The number of hydrogen-bond donors (Lipinski definition) is 2. The molecule has 0 aliphatic heterocycles. The van der Waals surface area contributed by atoms with E-state index in [1.807, 2.05) is 24.3 Å². The molecule has 0 heterocycles. The van der Waals surface area contributed by atoms with Gasteiger partial charge < -0.3 is 11.1 Å². The maximum absolute atomic E-state index is 5.53. The third kappa shape index (κ3) is 2.96. The van der Waals surface area contributed by atoms with Crippen LogP contribution in [-0.2, 0) is 0 Å². The second-order valence-electron chi connectivity index (χ2n) is 2.24. The van der Waals surface area contributed by atoms with Gasteiger partial charge in [0.1, 0.15) is 0 Å². The molecule has 0 atom stereocenters. The first-order chi connectivity index (χ1) is 5.33. The Balaban J connectivity index is 2.52. The lowest BCUT2D eigenvalue weighted by Crippen LogP contribution is -2.01. The molecule has 3 heteroatoms. The predicted octanol–water partition coefficient (Wildman–Crippen LogP) is 2.12. The molecule has 1 aromatic rings. The molecule has 0 radical (unpaired) electrons. The molecule has 0 bridgehead atoms. The quantitative estimate of drug-likeness (QED) is 0.497. The van der Waals surface area contributed by atoms with E-state index in [2.05, 4.69) is 27.9 Å². The van der Waals surface area contributed by atoms with Crippen LogP contribution in [0.3, 0.4) is 0 Å². The van der Waals surface area contributed by atoms with Gasteiger partial charge in [-0.1, -0.05) is 22.6 Å². The highest BCUT2D eigenvalue weighted by Gasteiger charge is 1.88. The van der Waals surface area contributed by atoms with Crippen LogP contribution in [0.15, 0.2) is 24.3 Å². The van der Waals surface area contributed by atoms with Crippen LogP contribution in [0, 0.1) is 0 Å². The summed E-state index contributed by atoms with van der Waals surface area (Å²) in [5, 5.41) is 3.26. The number of hydrogen-bond acceptors (Lipinski definition) is 2. The number of benzene rings is 1. The van der Waals surface area contributed by atoms with Crippen LogP contribution in [0.5, 0.6) is 0 Å². The Bertz CT molecular complexity index is 208. The highest BCUT2D eigenvalue weighted by atomic mass is 127. The third-order valence-corrected chi connectivity index (χ3v) is 1.87. The fourth-order valence-corrected chi connectivity index (χ4v) is 1.06. The average molecular weight is 262 g/mol. The summed E-state index contributed by atoms with van der Waals surface area (Å²) in [5.41, 5.74) is 7.47. The summed E-state index contributed by atoms with van der Waals surface area (Å²) < 4.78 is 1.11. The van der Waals surface area contributed by atoms with Gasteiger partial charge in [-0.15, -0.1) is 0 Å². The van der Waals surface area contributed by atoms with Crippen molar-refractivity contribution in [1.29, 1.82) is 0 Å². The number of nitrogens with two attached hydrogens (primary N) is 1. The number of nitrogens with one attached hydrogen (secondary N) is 1. The van der Waals surface area contributed by atoms with Crippen molar-refractivity contribution >= 4 is 34.0 Å². The van der Waals surface area contributed by atoms with E-state index in [-0.39, 0.29) is 0 Å². The molecule has 60 valence electrons. The average Bonchev–Trinajstić information content (AvgIpc) is 2.04. The Labute approximate surface area is 80.3 Å². The Morgan fingerprint density at radius 2 is 1.91 bits per heavy atom. The zero-order chi connectivity index (χ0) is 8.10. The molecule has 0 aliphatic rings. The molecule has 1 aromatic carbocycles. The van der Waals surface area contributed by atoms with Gasteiger partial charge in [0.05, 0.1) is 0 Å². The largest absolute Gasteiger partial charge is 0.399 e. The van der Waals surface area contributed by atoms with Crippen molar-refractivity contribution in [3.63, 3.8) is 0 Å². The number of nitrogen functional groups attached to an aromatic ring is 1. The lowest BCUT2D eigenvalue weighted by molar-refractivity contribution is 1.25. The van der Waals surface area contributed by atoms with Crippen molar-refractivity contribution in [1.82, 2.24) is 0 Å². The first kappa shape index (κ1) is 8.64. The molecule has 3 N–H and O–H groups in total. The summed E-state index contributed by atoms with van der Waals surface area (Å²) >= 11 is 2.33. The molecule has 0 spiro atoms. The van der Waals surface area contributed by atoms with Crippen LogP contribution in [0.2, 0.25) is 0 Å². The lowest BCUT2D eigenvalue weighted by Gasteiger charge is -2.02. The molecular weight excluding hydrogens is 251 g/mol. The minimum Gasteiger partial charge on any atom is -0.399 e. The topological polar surface area (TPSA) is 38.0 Å². The summed E-state index contributed by atoms with van der Waals surface area (Å²) in [4.78, 5) is 0. The van der Waals surface area contributed by atoms with Crippen LogP contribution in [0.4, 0.5) is 11.4 Å². The van der Waals surface area contributed by atoms with Gasteiger partial charge in [-0.3, -0.25) is 0 Å². The smallest absolute Gasteiger partial charge is 0.0341 e. The normalized spacial score (nSPS) is 9.55. The highest BCUT2D eigenvalue weighted by Crippen LogP contribution is 2.09. The zero-order valence-electron chi connectivity index (χ0n) is 6.18. The number of alkyl halides is 1. The maximum atomic E-state index is 5.53. The van der Waals surface area contributed by atoms with Crippen LogP contribution in [0.1, 0.15) is 0 Å². The molecule has 0 saturated carbocycles. The van der Waals surface area contributed by atoms with Gasteiger partial charge in [-0.2, -0.15) is 0 Å². The zero-order valence-corrected chi connectivity index (χ0v) is 8.34. The summed E-state index contributed by atoms with van der Waals surface area (Å²) in [6.45, 7) is 1.00. The van der Waals surface area contributed by atoms with Gasteiger partial charge in [0.2, 0.25) is 0 Å². The Hall–Kier alpha value is -0.450. The Morgan fingerprint density at radius 3 is 2.45 bits per heavy atom. The van der Waals surface area contributed by atoms with E-state index in [9.17, 15) is 0 Å². The standard InChI is InChI=1S/C8H11IN2/c9-5-6-11-8-3-1-7(10)2-4-8/h1-4,11H,5-6,10H2. The first-order valence-electron chi connectivity index (χ1n) is 3.48. The van der Waals surface area contributed by atoms with Crippen molar-refractivity contribution in [2.24, 2.45) is 0 Å². The van der Waals surface area contributed by atoms with Gasteiger partial charge >= 0.3 is 0 Å². The van der Waals surface area contributed by atoms with E-state index in [1.165, 1.54) is 0 Å². The maximum Gasteiger partial charge on any atom is 0.0341 e. The van der Waals surface area contributed by atoms with E-state index in [0.29, 0.717) is 0 Å². The molecule has 0 aromatic heterocycles. The van der Waals surface area contributed by atoms with E-state index in [0.717, 1.165) is 22.3 Å². The molecule has 0 amide bonds. The van der Waals surface area contributed by atoms with Crippen LogP contribution < -0.4 is 11.1 Å². The molecule has 1 rings (SSSR count). The van der Waals surface area contributed by atoms with E-state index < -0.39 is 0 Å². The molecule has 0 unspecified atom stereocenters. The molecule has 0 aliphatic carbocycles. The lowest BCUT2D eigenvalue weighted by atomic mass is 10.3. The summed E-state index contributed by atoms with van der Waals surface area (Å²) in [5.74, 6) is 0. The van der Waals surface area contributed by atoms with E-state index in [4.69, 9.17) is 5.73 Å². The van der Waals surface area contributed by atoms with Gasteiger partial charge in [-0.05, 0) is 24.3 Å². The molecular formula is C8H11IN2. The van der Waals surface area contributed by atoms with Gasteiger partial charge in [0.15, 0.2) is 0 Å². The van der Waals surface area contributed by atoms with E-state index in [1.54, 1.807) is 0 Å². The minimum atomic E-state index is 0.810. The van der Waals surface area contributed by atoms with Crippen molar-refractivity contribution < 1.29 is 0 Å². The van der Waals surface area contributed by atoms with Crippen molar-refractivity contribution in [2.45, 2.75) is 0 Å². The number of rotatable bonds is 3. The number of anilines is 2. The van der Waals surface area contributed by atoms with Crippen LogP contribution >= 0.6 is 22.6 Å². The highest BCUT2D eigenvalue weighted by molar-refractivity contribution is 14.1. The van der Waals surface area contributed by atoms with Gasteiger partial charge in [0, 0.05) is 22.3 Å². The molecule has 0 saturated heterocycles. The summed E-state index contributed by atoms with van der Waals surface area (Å²) in [6, 6.07) is 7.77. The minimum absolute atomic E-state index is 0.810. The van der Waals surface area contributed by atoms with Crippen LogP contribution in [-0.4, -0.2) is 11.0 Å². The monoisotopic (exact) mass is 262 g/mol. The number of halogens is 1.